The summed E-state index contributed by atoms with van der Waals surface area (Å²) in [6.07, 6.45) is 1.78. The van der Waals surface area contributed by atoms with Gasteiger partial charge in [-0.25, -0.2) is 4.39 Å². The number of rotatable bonds is 3. The number of hydrogen-bond acceptors (Lipinski definition) is 5. The fourth-order valence-electron chi connectivity index (χ4n) is 4.32. The first-order chi connectivity index (χ1) is 14.4. The molecule has 2 atom stereocenters. The van der Waals surface area contributed by atoms with Gasteiger partial charge in [-0.1, -0.05) is 11.6 Å². The largest absolute Gasteiger partial charge is 0.368 e. The molecule has 0 spiro atoms. The summed E-state index contributed by atoms with van der Waals surface area (Å²) in [5.41, 5.74) is 2.83. The Kier molecular flexibility index (Phi) is 4.56. The molecule has 1 aliphatic rings. The molecule has 1 fully saturated rings. The van der Waals surface area contributed by atoms with Gasteiger partial charge in [0.25, 0.3) is 0 Å². The average Bonchev–Trinajstić information content (AvgIpc) is 3.24. The van der Waals surface area contributed by atoms with Crippen LogP contribution in [0.2, 0.25) is 5.02 Å². The average molecular weight is 428 g/mol. The number of benzene rings is 2. The van der Waals surface area contributed by atoms with E-state index in [1.807, 2.05) is 12.1 Å². The lowest BCUT2D eigenvalue weighted by molar-refractivity contribution is 0.407. The molecule has 30 heavy (non-hydrogen) atoms. The Bertz CT molecular complexity index is 1240. The number of nitrogens with one attached hydrogen (secondary N) is 3. The summed E-state index contributed by atoms with van der Waals surface area (Å²) in [5.74, 6) is 0.178. The molecule has 0 aliphatic carbocycles. The van der Waals surface area contributed by atoms with Gasteiger partial charge in [0.2, 0.25) is 0 Å². The molecule has 0 radical (unpaired) electrons. The third-order valence-electron chi connectivity index (χ3n) is 5.46. The summed E-state index contributed by atoms with van der Waals surface area (Å²) < 4.78 is 16.0. The molecule has 3 N–H and O–H groups in total. The van der Waals surface area contributed by atoms with Crippen LogP contribution < -0.4 is 15.5 Å². The van der Waals surface area contributed by atoms with E-state index in [1.165, 1.54) is 6.07 Å². The lowest BCUT2D eigenvalue weighted by atomic mass is 10.1. The topological polar surface area (TPSA) is 73.8 Å². The summed E-state index contributed by atoms with van der Waals surface area (Å²) in [4.78, 5) is 2.33. The van der Waals surface area contributed by atoms with Gasteiger partial charge in [-0.05, 0) is 38.1 Å². The summed E-state index contributed by atoms with van der Waals surface area (Å²) >= 11 is 6.67. The Hall–Kier alpha value is -2.84. The van der Waals surface area contributed by atoms with Crippen molar-refractivity contribution in [3.8, 4) is 0 Å². The molecule has 9 heteroatoms. The number of piperazine rings is 1. The third kappa shape index (κ3) is 3.36. The van der Waals surface area contributed by atoms with Gasteiger partial charge < -0.3 is 15.5 Å². The Morgan fingerprint density at radius 1 is 1.17 bits per heavy atom. The fraction of sp³-hybridized carbons (Fsp3) is 0.333. The van der Waals surface area contributed by atoms with Crippen molar-refractivity contribution in [1.82, 2.24) is 25.3 Å². The van der Waals surface area contributed by atoms with Crippen molar-refractivity contribution in [1.29, 1.82) is 0 Å². The number of hydrogen-bond donors (Lipinski definition) is 3. The van der Waals surface area contributed by atoms with Gasteiger partial charge in [0.05, 0.1) is 15.9 Å². The minimum atomic E-state index is -0.384. The molecular formula is C21H23ClFN7. The van der Waals surface area contributed by atoms with Gasteiger partial charge in [-0.15, -0.1) is 0 Å². The number of H-pyrrole nitrogens is 1. The minimum absolute atomic E-state index is 0.345. The van der Waals surface area contributed by atoms with Gasteiger partial charge >= 0.3 is 0 Å². The zero-order chi connectivity index (χ0) is 21.0. The van der Waals surface area contributed by atoms with E-state index in [4.69, 9.17) is 11.6 Å². The molecule has 156 valence electrons. The van der Waals surface area contributed by atoms with Gasteiger partial charge in [-0.2, -0.15) is 10.2 Å². The van der Waals surface area contributed by atoms with Crippen LogP contribution in [0.25, 0.3) is 21.8 Å². The first-order valence-corrected chi connectivity index (χ1v) is 10.3. The molecule has 3 heterocycles. The van der Waals surface area contributed by atoms with Crippen LogP contribution in [-0.4, -0.2) is 45.2 Å². The number of aryl methyl sites for hydroxylation is 1. The van der Waals surface area contributed by atoms with E-state index in [-0.39, 0.29) is 5.82 Å². The number of fused-ring (bicyclic) bond motifs is 2. The van der Waals surface area contributed by atoms with E-state index in [1.54, 1.807) is 17.9 Å². The maximum atomic E-state index is 14.4. The lowest BCUT2D eigenvalue weighted by Gasteiger charge is -2.37. The van der Waals surface area contributed by atoms with Crippen LogP contribution in [0, 0.1) is 5.82 Å². The van der Waals surface area contributed by atoms with Crippen LogP contribution in [0.3, 0.4) is 0 Å². The smallest absolute Gasteiger partial charge is 0.161 e. The molecule has 7 nitrogen and oxygen atoms in total. The minimum Gasteiger partial charge on any atom is -0.368 e. The molecule has 1 aliphatic heterocycles. The van der Waals surface area contributed by atoms with Gasteiger partial charge in [-0.3, -0.25) is 9.78 Å². The van der Waals surface area contributed by atoms with E-state index < -0.39 is 0 Å². The fourth-order valence-corrected chi connectivity index (χ4v) is 4.63. The molecule has 1 saturated heterocycles. The highest BCUT2D eigenvalue weighted by molar-refractivity contribution is 6.36. The monoisotopic (exact) mass is 427 g/mol. The highest BCUT2D eigenvalue weighted by atomic mass is 35.5. The second-order valence-corrected chi connectivity index (χ2v) is 8.53. The highest BCUT2D eigenvalue weighted by Crippen LogP contribution is 2.35. The van der Waals surface area contributed by atoms with E-state index in [2.05, 4.69) is 50.7 Å². The highest BCUT2D eigenvalue weighted by Gasteiger charge is 2.23. The summed E-state index contributed by atoms with van der Waals surface area (Å²) in [6, 6.07) is 8.10. The quantitative estimate of drug-likeness (QED) is 0.457. The molecule has 5 rings (SSSR count). The van der Waals surface area contributed by atoms with Crippen molar-refractivity contribution in [2.24, 2.45) is 7.05 Å². The maximum Gasteiger partial charge on any atom is 0.161 e. The van der Waals surface area contributed by atoms with E-state index >= 15 is 0 Å². The molecule has 0 unspecified atom stereocenters. The van der Waals surface area contributed by atoms with E-state index in [9.17, 15) is 4.39 Å². The molecule has 2 aromatic carbocycles. The zero-order valence-electron chi connectivity index (χ0n) is 17.0. The molecule has 0 bridgehead atoms. The van der Waals surface area contributed by atoms with E-state index in [0.717, 1.165) is 35.1 Å². The van der Waals surface area contributed by atoms with Crippen LogP contribution in [0.5, 0.6) is 0 Å². The molecule has 0 amide bonds. The van der Waals surface area contributed by atoms with Crippen molar-refractivity contribution in [2.45, 2.75) is 25.9 Å². The van der Waals surface area contributed by atoms with Crippen molar-refractivity contribution < 1.29 is 4.39 Å². The number of anilines is 3. The van der Waals surface area contributed by atoms with Crippen molar-refractivity contribution in [3.63, 3.8) is 0 Å². The van der Waals surface area contributed by atoms with Gasteiger partial charge in [0.15, 0.2) is 11.6 Å². The number of aromatic nitrogens is 4. The second kappa shape index (κ2) is 7.14. The molecular weight excluding hydrogens is 405 g/mol. The van der Waals surface area contributed by atoms with Crippen LogP contribution >= 0.6 is 11.6 Å². The Morgan fingerprint density at radius 3 is 2.70 bits per heavy atom. The normalized spacial score (nSPS) is 19.7. The standard InChI is InChI=1S/C21H23ClFN7/c1-11-8-30(9-12(2)24-11)15-6-16(22)19-18(7-15)26-27-21(19)25-14-4-13-10-29(3)28-20(13)17(23)5-14/h4-7,10-12,24H,8-9H2,1-3H3,(H2,25,26,27)/t11-,12-/m0/s1. The van der Waals surface area contributed by atoms with Crippen LogP contribution in [0.1, 0.15) is 13.8 Å². The van der Waals surface area contributed by atoms with Crippen LogP contribution in [0.15, 0.2) is 30.5 Å². The van der Waals surface area contributed by atoms with Crippen LogP contribution in [-0.2, 0) is 7.05 Å². The summed E-state index contributed by atoms with van der Waals surface area (Å²) in [7, 11) is 1.77. The van der Waals surface area contributed by atoms with E-state index in [0.29, 0.717) is 34.1 Å². The number of aromatic amines is 1. The van der Waals surface area contributed by atoms with Crippen LogP contribution in [0.4, 0.5) is 21.6 Å². The summed E-state index contributed by atoms with van der Waals surface area (Å²) in [5, 5.41) is 20.4. The second-order valence-electron chi connectivity index (χ2n) is 8.12. The van der Waals surface area contributed by atoms with Gasteiger partial charge in [0.1, 0.15) is 5.52 Å². The van der Waals surface area contributed by atoms with Crippen molar-refractivity contribution in [3.05, 3.63) is 41.3 Å². The first kappa shape index (κ1) is 19.1. The third-order valence-corrected chi connectivity index (χ3v) is 5.76. The Balaban J connectivity index is 1.49. The number of nitrogens with zero attached hydrogens (tertiary/aromatic N) is 4. The first-order valence-electron chi connectivity index (χ1n) is 9.96. The Labute approximate surface area is 178 Å². The zero-order valence-corrected chi connectivity index (χ0v) is 17.8. The molecule has 2 aromatic heterocycles. The van der Waals surface area contributed by atoms with Crippen molar-refractivity contribution >= 4 is 50.6 Å². The SMILES string of the molecule is C[C@H]1CN(c2cc(Cl)c3c(Nc4cc(F)c5nn(C)cc5c4)n[nH]c3c2)C[C@H](C)N1. The molecule has 0 saturated carbocycles. The van der Waals surface area contributed by atoms with Gasteiger partial charge in [0, 0.05) is 55.2 Å². The maximum absolute atomic E-state index is 14.4. The summed E-state index contributed by atoms with van der Waals surface area (Å²) in [6.45, 7) is 6.18. The lowest BCUT2D eigenvalue weighted by Crippen LogP contribution is -2.54. The number of halogens is 2. The predicted octanol–water partition coefficient (Wildman–Crippen LogP) is 4.17. The molecule has 4 aromatic rings. The predicted molar refractivity (Wildman–Crippen MR) is 119 cm³/mol. The Morgan fingerprint density at radius 2 is 1.93 bits per heavy atom. The van der Waals surface area contributed by atoms with Crippen molar-refractivity contribution in [2.75, 3.05) is 23.3 Å².